The molecule has 422 valence electrons. The fraction of sp³-hybridized carbons (Fsp3) is 0.619. The zero-order valence-electron chi connectivity index (χ0n) is 46.8. The molecule has 3 aromatic rings. The minimum atomic E-state index is -5.08. The van der Waals surface area contributed by atoms with Gasteiger partial charge in [-0.15, -0.1) is 0 Å². The predicted octanol–water partition coefficient (Wildman–Crippen LogP) is 13.5. The Morgan fingerprint density at radius 3 is 0.763 bits per heavy atom. The van der Waals surface area contributed by atoms with Gasteiger partial charge in [-0.25, -0.2) is 0 Å². The Morgan fingerprint density at radius 1 is 0.329 bits per heavy atom. The van der Waals surface area contributed by atoms with Crippen LogP contribution in [-0.2, 0) is 56.5 Å². The van der Waals surface area contributed by atoms with E-state index in [-0.39, 0.29) is 56.2 Å². The Morgan fingerprint density at radius 2 is 0.539 bits per heavy atom. The summed E-state index contributed by atoms with van der Waals surface area (Å²) in [5, 5.41) is 8.63. The number of amides is 3. The summed E-state index contributed by atoms with van der Waals surface area (Å²) >= 11 is -5.08. The third-order valence-corrected chi connectivity index (χ3v) is 17.6. The molecule has 0 aliphatic rings. The van der Waals surface area contributed by atoms with Crippen LogP contribution < -0.4 is 16.0 Å². The van der Waals surface area contributed by atoms with Crippen LogP contribution in [0.15, 0.2) is 91.0 Å². The van der Waals surface area contributed by atoms with Crippen molar-refractivity contribution in [1.82, 2.24) is 16.0 Å². The first-order valence-electron chi connectivity index (χ1n) is 29.6. The standard InChI is InChI=1S/3C21H33NO3.Bi/c3*1-2-3-4-5-6-7-8-9-13-16-20(23)22-19(21(24)25)17-18-14-11-10-12-15-18;/h3*10-12,14-15,19H,2-9,13,16-17H2,1H3,(H,22,23)(H,24,25);/q;;;+3/p-3/t3*19-;/m000./s1. The van der Waals surface area contributed by atoms with Crippen molar-refractivity contribution in [3.05, 3.63) is 108 Å². The number of carbonyl (C=O) groups is 6. The molecule has 0 saturated heterocycles. The van der Waals surface area contributed by atoms with Crippen LogP contribution in [0.25, 0.3) is 0 Å². The second kappa shape index (κ2) is 43.4. The van der Waals surface area contributed by atoms with Gasteiger partial charge in [0.15, 0.2) is 0 Å². The van der Waals surface area contributed by atoms with E-state index in [1.807, 2.05) is 91.0 Å². The van der Waals surface area contributed by atoms with Crippen LogP contribution in [0.5, 0.6) is 0 Å². The zero-order valence-corrected chi connectivity index (χ0v) is 50.3. The summed E-state index contributed by atoms with van der Waals surface area (Å²) in [4.78, 5) is 84.0. The Labute approximate surface area is 467 Å². The number of hydrogen-bond donors (Lipinski definition) is 3. The molecule has 13 heteroatoms. The van der Waals surface area contributed by atoms with Gasteiger partial charge in [-0.1, -0.05) is 78.6 Å². The smallest absolute Gasteiger partial charge is 0.0654 e. The molecule has 0 radical (unpaired) electrons. The fourth-order valence-corrected chi connectivity index (χ4v) is 12.8. The van der Waals surface area contributed by atoms with E-state index in [1.165, 1.54) is 96.3 Å². The monoisotopic (exact) mass is 1250 g/mol. The molecule has 0 bridgehead atoms. The second-order valence-corrected chi connectivity index (χ2v) is 24.5. The van der Waals surface area contributed by atoms with Crippen LogP contribution in [0.4, 0.5) is 0 Å². The molecule has 0 aromatic heterocycles. The Bertz CT molecular complexity index is 1780. The number of nitrogens with one attached hydrogen (secondary N) is 3. The molecule has 12 nitrogen and oxygen atoms in total. The van der Waals surface area contributed by atoms with E-state index in [0.29, 0.717) is 19.3 Å². The van der Waals surface area contributed by atoms with Gasteiger partial charge in [0.1, 0.15) is 0 Å². The quantitative estimate of drug-likeness (QED) is 0.0369. The molecule has 3 N–H and O–H groups in total. The maximum atomic E-state index is 14.5. The molecule has 0 saturated carbocycles. The second-order valence-electron chi connectivity index (χ2n) is 20.6. The van der Waals surface area contributed by atoms with Crippen molar-refractivity contribution in [2.45, 2.75) is 251 Å². The summed E-state index contributed by atoms with van der Waals surface area (Å²) in [5.74, 6) is -3.70. The third-order valence-electron chi connectivity index (χ3n) is 13.7. The van der Waals surface area contributed by atoms with Crippen molar-refractivity contribution in [3.8, 4) is 0 Å². The van der Waals surface area contributed by atoms with Crippen LogP contribution in [0, 0.1) is 0 Å². The molecule has 0 heterocycles. The van der Waals surface area contributed by atoms with Gasteiger partial charge in [0, 0.05) is 0 Å². The van der Waals surface area contributed by atoms with Gasteiger partial charge >= 0.3 is 392 Å². The average Bonchev–Trinajstić information content (AvgIpc) is 3.42. The van der Waals surface area contributed by atoms with Crippen molar-refractivity contribution >= 4 is 58.7 Å². The van der Waals surface area contributed by atoms with E-state index in [0.717, 1.165) is 74.5 Å². The number of rotatable bonds is 45. The van der Waals surface area contributed by atoms with E-state index in [1.54, 1.807) is 0 Å². The van der Waals surface area contributed by atoms with Gasteiger partial charge in [-0.05, 0) is 0 Å². The molecular formula is C63H96BiN3O9. The Balaban J connectivity index is 1.85. The predicted molar refractivity (Wildman–Crippen MR) is 306 cm³/mol. The van der Waals surface area contributed by atoms with Crippen LogP contribution in [0.1, 0.15) is 230 Å². The molecule has 0 fully saturated rings. The van der Waals surface area contributed by atoms with Crippen LogP contribution in [0.2, 0.25) is 0 Å². The molecule has 0 aliphatic carbocycles. The van der Waals surface area contributed by atoms with E-state index in [9.17, 15) is 28.8 Å². The molecule has 3 atom stereocenters. The fourth-order valence-electron chi connectivity index (χ4n) is 9.18. The number of unbranched alkanes of at least 4 members (excludes halogenated alkanes) is 24. The van der Waals surface area contributed by atoms with Gasteiger partial charge in [0.05, 0.1) is 0 Å². The Kier molecular flexibility index (Phi) is 37.5. The summed E-state index contributed by atoms with van der Waals surface area (Å²) in [6.07, 6.45) is 30.2. The minimum absolute atomic E-state index is 0.0692. The normalized spacial score (nSPS) is 12.3. The van der Waals surface area contributed by atoms with E-state index in [4.69, 9.17) is 8.44 Å². The molecule has 0 unspecified atom stereocenters. The van der Waals surface area contributed by atoms with Gasteiger partial charge in [0.2, 0.25) is 0 Å². The van der Waals surface area contributed by atoms with Gasteiger partial charge in [0.25, 0.3) is 0 Å². The first-order valence-corrected chi connectivity index (χ1v) is 33.8. The molecule has 0 spiro atoms. The summed E-state index contributed by atoms with van der Waals surface area (Å²) in [6.45, 7) is 6.62. The van der Waals surface area contributed by atoms with Crippen molar-refractivity contribution < 1.29 is 37.2 Å². The van der Waals surface area contributed by atoms with E-state index < -0.39 is 59.1 Å². The van der Waals surface area contributed by atoms with Gasteiger partial charge in [-0.2, -0.15) is 0 Å². The van der Waals surface area contributed by atoms with Crippen molar-refractivity contribution in [1.29, 1.82) is 0 Å². The molecule has 3 amide bonds. The van der Waals surface area contributed by atoms with Crippen molar-refractivity contribution in [3.63, 3.8) is 0 Å². The SMILES string of the molecule is CCCCCCCCCCCC(=O)N[C@@H](Cc1ccccc1)C(=O)[O][Bi]([O]C(=O)[C@H](Cc1ccccc1)NC(=O)CCCCCCCCCCC)[O]C(=O)[C@H](Cc1ccccc1)NC(=O)CCCCCCCCCCC. The van der Waals surface area contributed by atoms with Crippen molar-refractivity contribution in [2.24, 2.45) is 0 Å². The number of benzene rings is 3. The Hall–Kier alpha value is -4.64. The average molecular weight is 1250 g/mol. The van der Waals surface area contributed by atoms with Crippen LogP contribution in [-0.4, -0.2) is 76.8 Å². The molecule has 3 aromatic carbocycles. The molecule has 76 heavy (non-hydrogen) atoms. The van der Waals surface area contributed by atoms with Crippen LogP contribution in [0.3, 0.4) is 0 Å². The first kappa shape index (κ1) is 65.6. The number of hydrogen-bond acceptors (Lipinski definition) is 9. The molecule has 3 rings (SSSR count). The number of carbonyl (C=O) groups excluding carboxylic acids is 6. The van der Waals surface area contributed by atoms with Gasteiger partial charge in [-0.3, -0.25) is 0 Å². The molecular weight excluding hydrogens is 1150 g/mol. The van der Waals surface area contributed by atoms with E-state index in [2.05, 4.69) is 36.7 Å². The van der Waals surface area contributed by atoms with Crippen molar-refractivity contribution in [2.75, 3.05) is 0 Å². The van der Waals surface area contributed by atoms with Gasteiger partial charge < -0.3 is 0 Å². The van der Waals surface area contributed by atoms with E-state index >= 15 is 0 Å². The summed E-state index contributed by atoms with van der Waals surface area (Å²) < 4.78 is 18.1. The minimum Gasteiger partial charge on any atom is -0.0654 e. The third kappa shape index (κ3) is 32.2. The zero-order chi connectivity index (χ0) is 54.7. The summed E-state index contributed by atoms with van der Waals surface area (Å²) in [7, 11) is 0. The summed E-state index contributed by atoms with van der Waals surface area (Å²) in [5.41, 5.74) is 2.26. The van der Waals surface area contributed by atoms with Crippen LogP contribution >= 0.6 is 0 Å². The summed E-state index contributed by atoms with van der Waals surface area (Å²) in [6, 6.07) is 24.0. The first-order chi connectivity index (χ1) is 37.1. The molecule has 0 aliphatic heterocycles. The maximum absolute atomic E-state index is 14.5. The topological polar surface area (TPSA) is 166 Å².